The third-order valence-corrected chi connectivity index (χ3v) is 3.84. The number of amides is 2. The molecule has 0 aliphatic carbocycles. The van der Waals surface area contributed by atoms with Gasteiger partial charge in [-0.25, -0.2) is 0 Å². The number of ether oxygens (including phenoxy) is 1. The third kappa shape index (κ3) is 4.55. The normalized spacial score (nSPS) is 17.2. The van der Waals surface area contributed by atoms with E-state index in [2.05, 4.69) is 0 Å². The molecule has 1 atom stereocenters. The lowest BCUT2D eigenvalue weighted by Crippen LogP contribution is -2.40. The number of hydrogen-bond acceptors (Lipinski definition) is 4. The minimum absolute atomic E-state index is 0.0425. The molecule has 0 N–H and O–H groups in total. The molecule has 2 amide bonds. The first-order chi connectivity index (χ1) is 11.0. The van der Waals surface area contributed by atoms with E-state index >= 15 is 0 Å². The lowest BCUT2D eigenvalue weighted by atomic mass is 10.1. The molecular weight excluding hydrogens is 296 g/mol. The van der Waals surface area contributed by atoms with Gasteiger partial charge in [-0.2, -0.15) is 0 Å². The second-order valence-corrected chi connectivity index (χ2v) is 5.66. The average Bonchev–Trinajstić information content (AvgIpc) is 2.86. The molecule has 2 rings (SSSR count). The van der Waals surface area contributed by atoms with Crippen molar-refractivity contribution in [3.05, 3.63) is 35.9 Å². The number of carbonyl (C=O) groups excluding carboxylic acids is 3. The van der Waals surface area contributed by atoms with Crippen LogP contribution >= 0.6 is 0 Å². The number of carbonyl (C=O) groups is 3. The average molecular weight is 318 g/mol. The van der Waals surface area contributed by atoms with Crippen LogP contribution in [-0.2, 0) is 25.7 Å². The van der Waals surface area contributed by atoms with E-state index in [9.17, 15) is 14.4 Å². The zero-order chi connectivity index (χ0) is 16.8. The molecule has 1 unspecified atom stereocenters. The Hall–Kier alpha value is -2.37. The molecule has 0 spiro atoms. The number of rotatable bonds is 6. The van der Waals surface area contributed by atoms with Gasteiger partial charge in [-0.05, 0) is 12.5 Å². The third-order valence-electron chi connectivity index (χ3n) is 3.84. The Morgan fingerprint density at radius 1 is 1.30 bits per heavy atom. The van der Waals surface area contributed by atoms with Crippen molar-refractivity contribution in [1.29, 1.82) is 0 Å². The summed E-state index contributed by atoms with van der Waals surface area (Å²) in [6.07, 6.45) is 0.198. The summed E-state index contributed by atoms with van der Waals surface area (Å²) < 4.78 is 4.95. The quantitative estimate of drug-likeness (QED) is 0.736. The number of nitrogens with zero attached hydrogens (tertiary/aromatic N) is 2. The molecule has 1 fully saturated rings. The summed E-state index contributed by atoms with van der Waals surface area (Å²) in [5, 5.41) is 0. The van der Waals surface area contributed by atoms with Crippen LogP contribution in [0, 0.1) is 5.92 Å². The van der Waals surface area contributed by atoms with Gasteiger partial charge < -0.3 is 14.5 Å². The first kappa shape index (κ1) is 17.0. The van der Waals surface area contributed by atoms with Gasteiger partial charge >= 0.3 is 5.97 Å². The van der Waals surface area contributed by atoms with Crippen LogP contribution in [0.25, 0.3) is 0 Å². The summed E-state index contributed by atoms with van der Waals surface area (Å²) in [6, 6.07) is 9.46. The van der Waals surface area contributed by atoms with Crippen molar-refractivity contribution in [2.24, 2.45) is 5.92 Å². The van der Waals surface area contributed by atoms with Crippen molar-refractivity contribution >= 4 is 17.8 Å². The molecule has 23 heavy (non-hydrogen) atoms. The summed E-state index contributed by atoms with van der Waals surface area (Å²) >= 11 is 0. The maximum absolute atomic E-state index is 12.7. The molecular formula is C17H22N2O4. The standard InChI is InChI=1S/C17H22N2O4/c1-3-23-16(21)12-19(10-13-7-5-4-6-8-13)17(22)14-9-15(20)18(2)11-14/h4-8,14H,3,9-12H2,1-2H3. The van der Waals surface area contributed by atoms with Crippen molar-refractivity contribution in [3.63, 3.8) is 0 Å². The second kappa shape index (κ2) is 7.76. The Kier molecular flexibility index (Phi) is 5.73. The van der Waals surface area contributed by atoms with Gasteiger partial charge in [-0.15, -0.1) is 0 Å². The minimum atomic E-state index is -0.436. The van der Waals surface area contributed by atoms with E-state index in [-0.39, 0.29) is 31.4 Å². The van der Waals surface area contributed by atoms with Gasteiger partial charge in [0.05, 0.1) is 12.5 Å². The molecule has 1 aromatic carbocycles. The molecule has 0 saturated carbocycles. The Bertz CT molecular complexity index is 573. The monoisotopic (exact) mass is 318 g/mol. The molecule has 1 aliphatic heterocycles. The summed E-state index contributed by atoms with van der Waals surface area (Å²) in [5.74, 6) is -1.06. The van der Waals surface area contributed by atoms with Crippen molar-refractivity contribution in [2.45, 2.75) is 19.9 Å². The van der Waals surface area contributed by atoms with Crippen LogP contribution in [0.2, 0.25) is 0 Å². The Morgan fingerprint density at radius 3 is 2.57 bits per heavy atom. The fourth-order valence-corrected chi connectivity index (χ4v) is 2.67. The number of benzene rings is 1. The summed E-state index contributed by atoms with van der Waals surface area (Å²) in [5.41, 5.74) is 0.933. The van der Waals surface area contributed by atoms with E-state index in [1.165, 1.54) is 4.90 Å². The highest BCUT2D eigenvalue weighted by Crippen LogP contribution is 2.20. The summed E-state index contributed by atoms with van der Waals surface area (Å²) in [7, 11) is 1.68. The Balaban J connectivity index is 2.10. The molecule has 0 radical (unpaired) electrons. The largest absolute Gasteiger partial charge is 0.465 e. The van der Waals surface area contributed by atoms with Crippen molar-refractivity contribution in [2.75, 3.05) is 26.7 Å². The molecule has 124 valence electrons. The van der Waals surface area contributed by atoms with Gasteiger partial charge in [0.25, 0.3) is 0 Å². The highest BCUT2D eigenvalue weighted by molar-refractivity contribution is 5.90. The molecule has 0 bridgehead atoms. The fourth-order valence-electron chi connectivity index (χ4n) is 2.67. The van der Waals surface area contributed by atoms with E-state index in [1.54, 1.807) is 18.9 Å². The molecule has 6 heteroatoms. The molecule has 6 nitrogen and oxygen atoms in total. The van der Waals surface area contributed by atoms with E-state index in [1.807, 2.05) is 30.3 Å². The molecule has 1 heterocycles. The van der Waals surface area contributed by atoms with Gasteiger partial charge in [-0.3, -0.25) is 14.4 Å². The number of esters is 1. The number of hydrogen-bond donors (Lipinski definition) is 0. The van der Waals surface area contributed by atoms with E-state index in [0.717, 1.165) is 5.56 Å². The van der Waals surface area contributed by atoms with Crippen LogP contribution in [0.3, 0.4) is 0 Å². The predicted molar refractivity (Wildman–Crippen MR) is 84.2 cm³/mol. The van der Waals surface area contributed by atoms with Crippen molar-refractivity contribution < 1.29 is 19.1 Å². The smallest absolute Gasteiger partial charge is 0.325 e. The molecule has 0 aromatic heterocycles. The highest BCUT2D eigenvalue weighted by Gasteiger charge is 2.35. The maximum Gasteiger partial charge on any atom is 0.325 e. The van der Waals surface area contributed by atoms with Gasteiger partial charge in [0.2, 0.25) is 11.8 Å². The lowest BCUT2D eigenvalue weighted by molar-refractivity contribution is -0.150. The van der Waals surface area contributed by atoms with Crippen LogP contribution in [-0.4, -0.2) is 54.3 Å². The molecule has 1 saturated heterocycles. The Morgan fingerprint density at radius 2 is 2.00 bits per heavy atom. The van der Waals surface area contributed by atoms with Gasteiger partial charge in [0, 0.05) is 26.6 Å². The fraction of sp³-hybridized carbons (Fsp3) is 0.471. The second-order valence-electron chi connectivity index (χ2n) is 5.66. The van der Waals surface area contributed by atoms with Crippen molar-refractivity contribution in [1.82, 2.24) is 9.80 Å². The van der Waals surface area contributed by atoms with E-state index < -0.39 is 11.9 Å². The lowest BCUT2D eigenvalue weighted by Gasteiger charge is -2.24. The van der Waals surface area contributed by atoms with Crippen molar-refractivity contribution in [3.8, 4) is 0 Å². The minimum Gasteiger partial charge on any atom is -0.465 e. The summed E-state index contributed by atoms with van der Waals surface area (Å²) in [6.45, 7) is 2.62. The predicted octanol–water partition coefficient (Wildman–Crippen LogP) is 1.06. The first-order valence-corrected chi connectivity index (χ1v) is 7.73. The van der Waals surface area contributed by atoms with Gasteiger partial charge in [0.15, 0.2) is 0 Å². The zero-order valence-corrected chi connectivity index (χ0v) is 13.5. The molecule has 1 aromatic rings. The van der Waals surface area contributed by atoms with Gasteiger partial charge in [0.1, 0.15) is 6.54 Å². The first-order valence-electron chi connectivity index (χ1n) is 7.73. The van der Waals surface area contributed by atoms with Crippen LogP contribution in [0.5, 0.6) is 0 Å². The Labute approximate surface area is 136 Å². The maximum atomic E-state index is 12.7. The SMILES string of the molecule is CCOC(=O)CN(Cc1ccccc1)C(=O)C1CC(=O)N(C)C1. The van der Waals surface area contributed by atoms with Gasteiger partial charge in [-0.1, -0.05) is 30.3 Å². The van der Waals surface area contributed by atoms with Crippen LogP contribution in [0.1, 0.15) is 18.9 Å². The highest BCUT2D eigenvalue weighted by atomic mass is 16.5. The van der Waals surface area contributed by atoms with Crippen LogP contribution in [0.15, 0.2) is 30.3 Å². The van der Waals surface area contributed by atoms with Crippen LogP contribution in [0.4, 0.5) is 0 Å². The van der Waals surface area contributed by atoms with E-state index in [0.29, 0.717) is 13.1 Å². The summed E-state index contributed by atoms with van der Waals surface area (Å²) in [4.78, 5) is 39.2. The molecule has 1 aliphatic rings. The topological polar surface area (TPSA) is 66.9 Å². The van der Waals surface area contributed by atoms with E-state index in [4.69, 9.17) is 4.74 Å². The van der Waals surface area contributed by atoms with Crippen LogP contribution < -0.4 is 0 Å². The zero-order valence-electron chi connectivity index (χ0n) is 13.5. The number of likely N-dealkylation sites (tertiary alicyclic amines) is 1.